The Morgan fingerprint density at radius 1 is 1.11 bits per heavy atom. The quantitative estimate of drug-likeness (QED) is 0.427. The topological polar surface area (TPSA) is 87.7 Å². The number of carbonyl (C=O) groups is 3. The molecule has 3 amide bonds. The van der Waals surface area contributed by atoms with E-state index in [-0.39, 0.29) is 23.9 Å². The largest absolute Gasteiger partial charge is 0.444 e. The second-order valence-electron chi connectivity index (χ2n) is 11.0. The van der Waals surface area contributed by atoms with Gasteiger partial charge in [-0.1, -0.05) is 37.3 Å². The second kappa shape index (κ2) is 13.2. The molecule has 0 radical (unpaired) electrons. The summed E-state index contributed by atoms with van der Waals surface area (Å²) in [6.07, 6.45) is 14.2. The van der Waals surface area contributed by atoms with Gasteiger partial charge in [0.15, 0.2) is 0 Å². The van der Waals surface area contributed by atoms with E-state index in [9.17, 15) is 14.4 Å². The monoisotopic (exact) mass is 527 g/mol. The first-order valence-corrected chi connectivity index (χ1v) is 14.7. The van der Waals surface area contributed by atoms with Crippen LogP contribution in [0.25, 0.3) is 0 Å². The molecule has 0 spiro atoms. The molecule has 37 heavy (non-hydrogen) atoms. The normalized spacial score (nSPS) is 17.7. The molecule has 2 aliphatic carbocycles. The standard InChI is InChI=1S/C29H41N3O4S/c1-6-20-12-14-21(15-13-20)25(26(33)30-22-10-8-7-9-11-22)32(23-16-17-23)27(34)24(18-19-37-5)31-28(35)36-29(2,3)4/h1,12-15,22-25H,7-11,16-19H2,2-5H3,(H,30,33)(H,31,35). The molecule has 0 saturated heterocycles. The summed E-state index contributed by atoms with van der Waals surface area (Å²) in [7, 11) is 0. The first-order chi connectivity index (χ1) is 17.6. The molecule has 2 saturated carbocycles. The van der Waals surface area contributed by atoms with Crippen molar-refractivity contribution in [2.75, 3.05) is 12.0 Å². The Kier molecular flexibility index (Phi) is 10.3. The van der Waals surface area contributed by atoms with Crippen LogP contribution in [0.4, 0.5) is 4.79 Å². The lowest BCUT2D eigenvalue weighted by molar-refractivity contribution is -0.143. The molecule has 0 aromatic heterocycles. The van der Waals surface area contributed by atoms with Gasteiger partial charge in [-0.25, -0.2) is 4.79 Å². The van der Waals surface area contributed by atoms with Crippen LogP contribution in [0, 0.1) is 12.3 Å². The molecular formula is C29H41N3O4S. The van der Waals surface area contributed by atoms with E-state index in [0.717, 1.165) is 38.5 Å². The molecule has 0 heterocycles. The molecule has 202 valence electrons. The number of carbonyl (C=O) groups excluding carboxylic acids is 3. The highest BCUT2D eigenvalue weighted by molar-refractivity contribution is 7.98. The molecule has 8 heteroatoms. The lowest BCUT2D eigenvalue weighted by Crippen LogP contribution is -2.54. The van der Waals surface area contributed by atoms with E-state index in [0.29, 0.717) is 23.3 Å². The van der Waals surface area contributed by atoms with Crippen LogP contribution in [0.15, 0.2) is 24.3 Å². The lowest BCUT2D eigenvalue weighted by Gasteiger charge is -2.36. The van der Waals surface area contributed by atoms with Crippen LogP contribution in [0.2, 0.25) is 0 Å². The molecule has 0 aliphatic heterocycles. The molecule has 3 rings (SSSR count). The third-order valence-corrected chi connectivity index (χ3v) is 7.31. The highest BCUT2D eigenvalue weighted by atomic mass is 32.2. The number of ether oxygens (including phenoxy) is 1. The molecule has 2 fully saturated rings. The summed E-state index contributed by atoms with van der Waals surface area (Å²) in [6.45, 7) is 5.36. The molecule has 2 unspecified atom stereocenters. The summed E-state index contributed by atoms with van der Waals surface area (Å²) in [5.41, 5.74) is 0.742. The Labute approximate surface area is 225 Å². The van der Waals surface area contributed by atoms with Crippen LogP contribution < -0.4 is 10.6 Å². The zero-order valence-electron chi connectivity index (χ0n) is 22.5. The Morgan fingerprint density at radius 2 is 1.76 bits per heavy atom. The average Bonchev–Trinajstić information content (AvgIpc) is 3.69. The maximum atomic E-state index is 14.1. The van der Waals surface area contributed by atoms with Crippen LogP contribution in [0.1, 0.15) is 89.3 Å². The smallest absolute Gasteiger partial charge is 0.408 e. The second-order valence-corrected chi connectivity index (χ2v) is 12.0. The van der Waals surface area contributed by atoms with Gasteiger partial charge in [-0.2, -0.15) is 11.8 Å². The van der Waals surface area contributed by atoms with Crippen LogP contribution in [-0.2, 0) is 14.3 Å². The molecule has 2 aliphatic rings. The minimum atomic E-state index is -0.800. The molecule has 2 N–H and O–H groups in total. The van der Waals surface area contributed by atoms with Crippen molar-refractivity contribution in [1.29, 1.82) is 0 Å². The van der Waals surface area contributed by atoms with Crippen LogP contribution >= 0.6 is 11.8 Å². The average molecular weight is 528 g/mol. The molecule has 2 atom stereocenters. The third kappa shape index (κ3) is 8.70. The summed E-state index contributed by atoms with van der Waals surface area (Å²) >= 11 is 1.60. The molecule has 0 bridgehead atoms. The third-order valence-electron chi connectivity index (χ3n) is 6.67. The number of terminal acetylenes is 1. The van der Waals surface area contributed by atoms with Crippen LogP contribution in [0.3, 0.4) is 0 Å². The number of alkyl carbamates (subject to hydrolysis) is 1. The van der Waals surface area contributed by atoms with E-state index in [1.54, 1.807) is 49.6 Å². The van der Waals surface area contributed by atoms with E-state index in [1.165, 1.54) is 6.42 Å². The van der Waals surface area contributed by atoms with E-state index >= 15 is 0 Å². The van der Waals surface area contributed by atoms with Crippen molar-refractivity contribution in [2.45, 2.75) is 102 Å². The van der Waals surface area contributed by atoms with Gasteiger partial charge in [-0.15, -0.1) is 6.42 Å². The summed E-state index contributed by atoms with van der Waals surface area (Å²) in [6, 6.07) is 5.73. The fraction of sp³-hybridized carbons (Fsp3) is 0.621. The Balaban J connectivity index is 1.92. The number of hydrogen-bond acceptors (Lipinski definition) is 5. The van der Waals surface area contributed by atoms with Crippen molar-refractivity contribution in [3.05, 3.63) is 35.4 Å². The van der Waals surface area contributed by atoms with Gasteiger partial charge in [0.25, 0.3) is 0 Å². The summed E-state index contributed by atoms with van der Waals surface area (Å²) in [5, 5.41) is 6.02. The van der Waals surface area contributed by atoms with Gasteiger partial charge >= 0.3 is 6.09 Å². The van der Waals surface area contributed by atoms with Gasteiger partial charge in [-0.3, -0.25) is 9.59 Å². The number of rotatable bonds is 10. The fourth-order valence-electron chi connectivity index (χ4n) is 4.72. The first-order valence-electron chi connectivity index (χ1n) is 13.3. The SMILES string of the molecule is C#Cc1ccc(C(C(=O)NC2CCCCC2)N(C(=O)C(CCSC)NC(=O)OC(C)(C)C)C2CC2)cc1. The van der Waals surface area contributed by atoms with Crippen molar-refractivity contribution >= 4 is 29.7 Å². The summed E-state index contributed by atoms with van der Waals surface area (Å²) < 4.78 is 5.45. The molecular weight excluding hydrogens is 486 g/mol. The van der Waals surface area contributed by atoms with Crippen molar-refractivity contribution in [3.8, 4) is 12.3 Å². The molecule has 1 aromatic rings. The van der Waals surface area contributed by atoms with Gasteiger partial charge in [0.05, 0.1) is 0 Å². The molecule has 1 aromatic carbocycles. The predicted molar refractivity (Wildman–Crippen MR) is 148 cm³/mol. The zero-order valence-corrected chi connectivity index (χ0v) is 23.4. The maximum absolute atomic E-state index is 14.1. The fourth-order valence-corrected chi connectivity index (χ4v) is 5.19. The van der Waals surface area contributed by atoms with E-state index < -0.39 is 23.8 Å². The Hall–Kier alpha value is -2.66. The van der Waals surface area contributed by atoms with Gasteiger partial charge in [0.1, 0.15) is 17.7 Å². The number of nitrogens with zero attached hydrogens (tertiary/aromatic N) is 1. The maximum Gasteiger partial charge on any atom is 0.408 e. The van der Waals surface area contributed by atoms with Gasteiger partial charge in [0, 0.05) is 17.6 Å². The summed E-state index contributed by atoms with van der Waals surface area (Å²) in [5.74, 6) is 2.86. The van der Waals surface area contributed by atoms with Crippen LogP contribution in [-0.4, -0.2) is 58.5 Å². The van der Waals surface area contributed by atoms with Crippen LogP contribution in [0.5, 0.6) is 0 Å². The number of nitrogens with one attached hydrogen (secondary N) is 2. The predicted octanol–water partition coefficient (Wildman–Crippen LogP) is 4.80. The minimum Gasteiger partial charge on any atom is -0.444 e. The number of thioether (sulfide) groups is 1. The van der Waals surface area contributed by atoms with Gasteiger partial charge in [-0.05, 0) is 82.6 Å². The van der Waals surface area contributed by atoms with E-state index in [4.69, 9.17) is 11.2 Å². The van der Waals surface area contributed by atoms with E-state index in [1.807, 2.05) is 18.4 Å². The molecule has 7 nitrogen and oxygen atoms in total. The number of amides is 3. The zero-order chi connectivity index (χ0) is 27.0. The van der Waals surface area contributed by atoms with Crippen molar-refractivity contribution in [2.24, 2.45) is 0 Å². The van der Waals surface area contributed by atoms with E-state index in [2.05, 4.69) is 16.6 Å². The summed E-state index contributed by atoms with van der Waals surface area (Å²) in [4.78, 5) is 42.3. The number of benzene rings is 1. The van der Waals surface area contributed by atoms with Crippen molar-refractivity contribution in [1.82, 2.24) is 15.5 Å². The lowest BCUT2D eigenvalue weighted by atomic mass is 9.94. The Bertz CT molecular complexity index is 972. The number of hydrogen-bond donors (Lipinski definition) is 2. The van der Waals surface area contributed by atoms with Crippen molar-refractivity contribution < 1.29 is 19.1 Å². The minimum absolute atomic E-state index is 0.0564. The van der Waals surface area contributed by atoms with Crippen molar-refractivity contribution in [3.63, 3.8) is 0 Å². The highest BCUT2D eigenvalue weighted by Crippen LogP contribution is 2.36. The highest BCUT2D eigenvalue weighted by Gasteiger charge is 2.44. The van der Waals surface area contributed by atoms with Gasteiger partial charge in [0.2, 0.25) is 11.8 Å². The van der Waals surface area contributed by atoms with Gasteiger partial charge < -0.3 is 20.3 Å². The Morgan fingerprint density at radius 3 is 2.30 bits per heavy atom. The first kappa shape index (κ1) is 28.9.